The number of amides is 1. The molecule has 3 nitrogen and oxygen atoms in total. The van der Waals surface area contributed by atoms with Crippen molar-refractivity contribution in [2.24, 2.45) is 11.8 Å². The Balaban J connectivity index is 1.69. The molecule has 1 heterocycles. The zero-order chi connectivity index (χ0) is 10.7. The number of hydrogen-bond acceptors (Lipinski definition) is 2. The van der Waals surface area contributed by atoms with Gasteiger partial charge in [0.2, 0.25) is 5.91 Å². The van der Waals surface area contributed by atoms with Crippen LogP contribution in [0.2, 0.25) is 0 Å². The summed E-state index contributed by atoms with van der Waals surface area (Å²) in [5.74, 6) is 1.79. The Morgan fingerprint density at radius 2 is 1.87 bits per heavy atom. The Bertz CT molecular complexity index is 220. The molecule has 0 radical (unpaired) electrons. The second-order valence-electron chi connectivity index (χ2n) is 5.12. The highest BCUT2D eigenvalue weighted by Crippen LogP contribution is 2.32. The molecule has 1 aliphatic heterocycles. The number of piperidine rings is 1. The first-order valence-electron chi connectivity index (χ1n) is 6.20. The predicted octanol–water partition coefficient (Wildman–Crippen LogP) is 1.24. The number of rotatable bonds is 4. The molecular weight excluding hydrogens is 188 g/mol. The lowest BCUT2D eigenvalue weighted by molar-refractivity contribution is -0.130. The predicted molar refractivity (Wildman–Crippen MR) is 60.6 cm³/mol. The third kappa shape index (κ3) is 3.49. The van der Waals surface area contributed by atoms with Gasteiger partial charge in [-0.05, 0) is 50.6 Å². The van der Waals surface area contributed by atoms with Gasteiger partial charge in [-0.25, -0.2) is 0 Å². The van der Waals surface area contributed by atoms with E-state index in [9.17, 15) is 4.79 Å². The molecule has 2 fully saturated rings. The first-order chi connectivity index (χ1) is 7.25. The fourth-order valence-electron chi connectivity index (χ4n) is 2.28. The fourth-order valence-corrected chi connectivity index (χ4v) is 2.28. The lowest BCUT2D eigenvalue weighted by Crippen LogP contribution is -2.37. The van der Waals surface area contributed by atoms with Crippen LogP contribution in [-0.2, 0) is 4.79 Å². The van der Waals surface area contributed by atoms with Gasteiger partial charge in [0.05, 0.1) is 0 Å². The van der Waals surface area contributed by atoms with E-state index < -0.39 is 0 Å². The topological polar surface area (TPSA) is 32.3 Å². The monoisotopic (exact) mass is 210 g/mol. The Labute approximate surface area is 92.2 Å². The molecule has 2 aliphatic rings. The lowest BCUT2D eigenvalue weighted by atomic mass is 9.97. The highest BCUT2D eigenvalue weighted by atomic mass is 16.2. The maximum absolute atomic E-state index is 11.8. The minimum atomic E-state index is 0.357. The standard InChI is InChI=1S/C12H22N2O/c1-14(12(15)8-10-2-3-10)9-11-4-6-13-7-5-11/h10-11,13H,2-9H2,1H3. The van der Waals surface area contributed by atoms with Gasteiger partial charge in [-0.2, -0.15) is 0 Å². The van der Waals surface area contributed by atoms with Gasteiger partial charge in [0.25, 0.3) is 0 Å². The molecule has 1 amide bonds. The normalized spacial score (nSPS) is 22.7. The molecule has 0 atom stereocenters. The summed E-state index contributed by atoms with van der Waals surface area (Å²) in [6.45, 7) is 3.21. The summed E-state index contributed by atoms with van der Waals surface area (Å²) in [5.41, 5.74) is 0. The number of nitrogens with zero attached hydrogens (tertiary/aromatic N) is 1. The summed E-state index contributed by atoms with van der Waals surface area (Å²) in [7, 11) is 1.97. The first-order valence-corrected chi connectivity index (χ1v) is 6.20. The van der Waals surface area contributed by atoms with Crippen LogP contribution in [0.25, 0.3) is 0 Å². The van der Waals surface area contributed by atoms with Gasteiger partial charge in [-0.3, -0.25) is 4.79 Å². The van der Waals surface area contributed by atoms with E-state index in [0.29, 0.717) is 11.8 Å². The molecule has 15 heavy (non-hydrogen) atoms. The van der Waals surface area contributed by atoms with Gasteiger partial charge in [-0.15, -0.1) is 0 Å². The Kier molecular flexibility index (Phi) is 3.62. The van der Waals surface area contributed by atoms with Gasteiger partial charge in [0.1, 0.15) is 0 Å². The molecule has 86 valence electrons. The van der Waals surface area contributed by atoms with Gasteiger partial charge in [-0.1, -0.05) is 0 Å². The first kappa shape index (κ1) is 10.9. The van der Waals surface area contributed by atoms with Crippen LogP contribution in [0.1, 0.15) is 32.1 Å². The highest BCUT2D eigenvalue weighted by molar-refractivity contribution is 5.76. The van der Waals surface area contributed by atoms with Crippen molar-refractivity contribution in [3.63, 3.8) is 0 Å². The van der Waals surface area contributed by atoms with E-state index in [0.717, 1.165) is 32.0 Å². The van der Waals surface area contributed by atoms with Crippen molar-refractivity contribution in [2.45, 2.75) is 32.1 Å². The van der Waals surface area contributed by atoms with Crippen LogP contribution in [0.5, 0.6) is 0 Å². The van der Waals surface area contributed by atoms with Crippen LogP contribution in [0, 0.1) is 11.8 Å². The average Bonchev–Trinajstić information content (AvgIpc) is 3.03. The SMILES string of the molecule is CN(CC1CCNCC1)C(=O)CC1CC1. The van der Waals surface area contributed by atoms with Crippen molar-refractivity contribution in [3.05, 3.63) is 0 Å². The lowest BCUT2D eigenvalue weighted by Gasteiger charge is -2.27. The van der Waals surface area contributed by atoms with E-state index in [2.05, 4.69) is 5.32 Å². The van der Waals surface area contributed by atoms with Crippen molar-refractivity contribution in [3.8, 4) is 0 Å². The summed E-state index contributed by atoms with van der Waals surface area (Å²) in [5, 5.41) is 3.36. The molecule has 0 aromatic rings. The molecular formula is C12H22N2O. The zero-order valence-electron chi connectivity index (χ0n) is 9.67. The van der Waals surface area contributed by atoms with E-state index in [1.807, 2.05) is 11.9 Å². The smallest absolute Gasteiger partial charge is 0.222 e. The van der Waals surface area contributed by atoms with Crippen molar-refractivity contribution in [1.82, 2.24) is 10.2 Å². The van der Waals surface area contributed by atoms with Crippen LogP contribution < -0.4 is 5.32 Å². The minimum Gasteiger partial charge on any atom is -0.345 e. The summed E-state index contributed by atoms with van der Waals surface area (Å²) < 4.78 is 0. The molecule has 3 heteroatoms. The van der Waals surface area contributed by atoms with E-state index in [4.69, 9.17) is 0 Å². The largest absolute Gasteiger partial charge is 0.345 e. The third-order valence-corrected chi connectivity index (χ3v) is 3.58. The van der Waals surface area contributed by atoms with Gasteiger partial charge in [0.15, 0.2) is 0 Å². The van der Waals surface area contributed by atoms with Crippen LogP contribution in [0.15, 0.2) is 0 Å². The van der Waals surface area contributed by atoms with Gasteiger partial charge >= 0.3 is 0 Å². The molecule has 0 aromatic carbocycles. The second-order valence-corrected chi connectivity index (χ2v) is 5.12. The van der Waals surface area contributed by atoms with E-state index in [1.54, 1.807) is 0 Å². The second kappa shape index (κ2) is 4.97. The third-order valence-electron chi connectivity index (χ3n) is 3.58. The van der Waals surface area contributed by atoms with Gasteiger partial charge < -0.3 is 10.2 Å². The summed E-state index contributed by atoms with van der Waals surface area (Å²) in [6, 6.07) is 0. The van der Waals surface area contributed by atoms with E-state index in [1.165, 1.54) is 25.7 Å². The highest BCUT2D eigenvalue weighted by Gasteiger charge is 2.26. The quantitative estimate of drug-likeness (QED) is 0.757. The Morgan fingerprint density at radius 1 is 1.20 bits per heavy atom. The molecule has 0 spiro atoms. The molecule has 0 unspecified atom stereocenters. The van der Waals surface area contributed by atoms with Crippen LogP contribution in [-0.4, -0.2) is 37.5 Å². The number of nitrogens with one attached hydrogen (secondary N) is 1. The average molecular weight is 210 g/mol. The molecule has 1 saturated heterocycles. The molecule has 1 N–H and O–H groups in total. The van der Waals surface area contributed by atoms with Crippen LogP contribution in [0.3, 0.4) is 0 Å². The fraction of sp³-hybridized carbons (Fsp3) is 0.917. The Hall–Kier alpha value is -0.570. The minimum absolute atomic E-state index is 0.357. The summed E-state index contributed by atoms with van der Waals surface area (Å²) in [6.07, 6.45) is 5.78. The summed E-state index contributed by atoms with van der Waals surface area (Å²) in [4.78, 5) is 13.7. The maximum Gasteiger partial charge on any atom is 0.222 e. The van der Waals surface area contributed by atoms with Crippen molar-refractivity contribution < 1.29 is 4.79 Å². The number of carbonyl (C=O) groups excluding carboxylic acids is 1. The van der Waals surface area contributed by atoms with E-state index in [-0.39, 0.29) is 0 Å². The van der Waals surface area contributed by atoms with Crippen molar-refractivity contribution in [1.29, 1.82) is 0 Å². The van der Waals surface area contributed by atoms with Gasteiger partial charge in [0, 0.05) is 20.0 Å². The molecule has 2 rings (SSSR count). The zero-order valence-corrected chi connectivity index (χ0v) is 9.67. The Morgan fingerprint density at radius 3 is 2.47 bits per heavy atom. The number of carbonyl (C=O) groups is 1. The van der Waals surface area contributed by atoms with Crippen LogP contribution in [0.4, 0.5) is 0 Å². The molecule has 0 aromatic heterocycles. The van der Waals surface area contributed by atoms with Crippen LogP contribution >= 0.6 is 0 Å². The molecule has 1 aliphatic carbocycles. The van der Waals surface area contributed by atoms with E-state index >= 15 is 0 Å². The van der Waals surface area contributed by atoms with Crippen molar-refractivity contribution in [2.75, 3.05) is 26.7 Å². The molecule has 0 bridgehead atoms. The maximum atomic E-state index is 11.8. The number of hydrogen-bond donors (Lipinski definition) is 1. The molecule has 1 saturated carbocycles. The van der Waals surface area contributed by atoms with Crippen molar-refractivity contribution >= 4 is 5.91 Å². The summed E-state index contributed by atoms with van der Waals surface area (Å²) >= 11 is 0.